The second kappa shape index (κ2) is 7.92. The summed E-state index contributed by atoms with van der Waals surface area (Å²) in [5, 5.41) is 0. The Kier molecular flexibility index (Phi) is 6.89. The van der Waals surface area contributed by atoms with Gasteiger partial charge in [0.05, 0.1) is 4.90 Å². The maximum atomic E-state index is 11.9. The molecule has 0 saturated carbocycles. The van der Waals surface area contributed by atoms with Crippen molar-refractivity contribution in [3.05, 3.63) is 28.7 Å². The summed E-state index contributed by atoms with van der Waals surface area (Å²) >= 11 is 3.28. The van der Waals surface area contributed by atoms with E-state index in [0.29, 0.717) is 11.4 Å². The molecule has 0 aliphatic carbocycles. The lowest BCUT2D eigenvalue weighted by molar-refractivity contribution is 0.571. The monoisotopic (exact) mass is 333 g/mol. The Bertz CT molecular complexity index is 443. The van der Waals surface area contributed by atoms with Gasteiger partial charge in [-0.15, -0.1) is 0 Å². The molecule has 1 rings (SSSR count). The molecule has 0 unspecified atom stereocenters. The van der Waals surface area contributed by atoms with Crippen molar-refractivity contribution in [3.63, 3.8) is 0 Å². The highest BCUT2D eigenvalue weighted by Gasteiger charge is 2.12. The van der Waals surface area contributed by atoms with Crippen LogP contribution in [0, 0.1) is 0 Å². The lowest BCUT2D eigenvalue weighted by Crippen LogP contribution is -2.24. The fraction of sp³-hybridized carbons (Fsp3) is 0.538. The largest absolute Gasteiger partial charge is 0.240 e. The molecule has 0 amide bonds. The molecule has 3 nitrogen and oxygen atoms in total. The molecular weight excluding hydrogens is 314 g/mol. The molecule has 0 atom stereocenters. The number of rotatable bonds is 8. The summed E-state index contributed by atoms with van der Waals surface area (Å²) in [5.41, 5.74) is 0. The molecule has 0 radical (unpaired) electrons. The topological polar surface area (TPSA) is 46.2 Å². The molecule has 0 aromatic heterocycles. The average molecular weight is 334 g/mol. The van der Waals surface area contributed by atoms with E-state index in [1.807, 2.05) is 0 Å². The van der Waals surface area contributed by atoms with Crippen LogP contribution in [-0.2, 0) is 10.0 Å². The van der Waals surface area contributed by atoms with Crippen molar-refractivity contribution in [2.75, 3.05) is 6.54 Å². The fourth-order valence-electron chi connectivity index (χ4n) is 1.63. The van der Waals surface area contributed by atoms with Gasteiger partial charge in [-0.2, -0.15) is 0 Å². The van der Waals surface area contributed by atoms with E-state index in [1.165, 1.54) is 19.3 Å². The van der Waals surface area contributed by atoms with Crippen molar-refractivity contribution in [2.45, 2.75) is 43.9 Å². The van der Waals surface area contributed by atoms with Crippen molar-refractivity contribution in [2.24, 2.45) is 0 Å². The molecule has 0 fully saturated rings. The maximum absolute atomic E-state index is 11.9. The highest BCUT2D eigenvalue weighted by atomic mass is 79.9. The standard InChI is InChI=1S/C13H20BrNO2S/c1-2-3-4-5-6-11-15-18(16,17)13-9-7-12(14)8-10-13/h7-10,15H,2-6,11H2,1H3. The van der Waals surface area contributed by atoms with Crippen LogP contribution in [0.25, 0.3) is 0 Å². The van der Waals surface area contributed by atoms with E-state index in [2.05, 4.69) is 27.6 Å². The van der Waals surface area contributed by atoms with E-state index in [9.17, 15) is 8.42 Å². The number of benzene rings is 1. The van der Waals surface area contributed by atoms with E-state index >= 15 is 0 Å². The Morgan fingerprint density at radius 3 is 2.28 bits per heavy atom. The average Bonchev–Trinajstić information content (AvgIpc) is 2.34. The predicted molar refractivity (Wildman–Crippen MR) is 78.1 cm³/mol. The van der Waals surface area contributed by atoms with E-state index in [4.69, 9.17) is 0 Å². The van der Waals surface area contributed by atoms with Gasteiger partial charge >= 0.3 is 0 Å². The number of halogens is 1. The van der Waals surface area contributed by atoms with Gasteiger partial charge in [-0.3, -0.25) is 0 Å². The minimum atomic E-state index is -3.34. The highest BCUT2D eigenvalue weighted by molar-refractivity contribution is 9.10. The Morgan fingerprint density at radius 2 is 1.67 bits per heavy atom. The lowest BCUT2D eigenvalue weighted by Gasteiger charge is -2.06. The summed E-state index contributed by atoms with van der Waals surface area (Å²) < 4.78 is 27.3. The van der Waals surface area contributed by atoms with Crippen LogP contribution in [0.15, 0.2) is 33.6 Å². The predicted octanol–water partition coefficient (Wildman–Crippen LogP) is 3.70. The van der Waals surface area contributed by atoms with Gasteiger partial charge in [0.15, 0.2) is 0 Å². The van der Waals surface area contributed by atoms with Gasteiger partial charge in [-0.25, -0.2) is 13.1 Å². The van der Waals surface area contributed by atoms with Gasteiger partial charge in [-0.1, -0.05) is 48.5 Å². The van der Waals surface area contributed by atoms with Crippen LogP contribution in [0.3, 0.4) is 0 Å². The highest BCUT2D eigenvalue weighted by Crippen LogP contribution is 2.14. The van der Waals surface area contributed by atoms with Gasteiger partial charge in [0.1, 0.15) is 0 Å². The zero-order chi connectivity index (χ0) is 13.4. The van der Waals surface area contributed by atoms with Gasteiger partial charge in [0, 0.05) is 11.0 Å². The molecule has 1 aromatic rings. The first kappa shape index (κ1) is 15.7. The summed E-state index contributed by atoms with van der Waals surface area (Å²) in [6, 6.07) is 6.67. The van der Waals surface area contributed by atoms with Crippen LogP contribution in [0.1, 0.15) is 39.0 Å². The van der Waals surface area contributed by atoms with Crippen LogP contribution < -0.4 is 4.72 Å². The number of sulfonamides is 1. The third kappa shape index (κ3) is 5.50. The Morgan fingerprint density at radius 1 is 1.06 bits per heavy atom. The minimum absolute atomic E-state index is 0.319. The fourth-order valence-corrected chi connectivity index (χ4v) is 2.97. The van der Waals surface area contributed by atoms with E-state index in [0.717, 1.165) is 17.3 Å². The molecule has 5 heteroatoms. The molecule has 0 spiro atoms. The second-order valence-electron chi connectivity index (χ2n) is 4.27. The summed E-state index contributed by atoms with van der Waals surface area (Å²) in [6.07, 6.45) is 5.58. The first-order valence-electron chi connectivity index (χ1n) is 6.31. The van der Waals surface area contributed by atoms with Gasteiger partial charge in [0.25, 0.3) is 0 Å². The molecule has 0 saturated heterocycles. The molecule has 0 heterocycles. The van der Waals surface area contributed by atoms with Crippen LogP contribution in [0.4, 0.5) is 0 Å². The zero-order valence-electron chi connectivity index (χ0n) is 10.7. The molecule has 0 aliphatic rings. The second-order valence-corrected chi connectivity index (χ2v) is 6.95. The van der Waals surface area contributed by atoms with Gasteiger partial charge in [0.2, 0.25) is 10.0 Å². The van der Waals surface area contributed by atoms with Gasteiger partial charge in [-0.05, 0) is 30.7 Å². The van der Waals surface area contributed by atoms with E-state index in [-0.39, 0.29) is 0 Å². The zero-order valence-corrected chi connectivity index (χ0v) is 13.1. The van der Waals surface area contributed by atoms with Crippen LogP contribution in [-0.4, -0.2) is 15.0 Å². The van der Waals surface area contributed by atoms with E-state index < -0.39 is 10.0 Å². The molecule has 1 N–H and O–H groups in total. The Labute approximate surface area is 118 Å². The normalized spacial score (nSPS) is 11.7. The van der Waals surface area contributed by atoms with Crippen molar-refractivity contribution in [1.82, 2.24) is 4.72 Å². The van der Waals surface area contributed by atoms with Crippen molar-refractivity contribution >= 4 is 26.0 Å². The lowest BCUT2D eigenvalue weighted by atomic mass is 10.2. The first-order valence-corrected chi connectivity index (χ1v) is 8.59. The summed E-state index contributed by atoms with van der Waals surface area (Å²) in [7, 11) is -3.34. The molecule has 0 aliphatic heterocycles. The summed E-state index contributed by atoms with van der Waals surface area (Å²) in [5.74, 6) is 0. The molecular formula is C13H20BrNO2S. The summed E-state index contributed by atoms with van der Waals surface area (Å²) in [4.78, 5) is 0.319. The molecule has 18 heavy (non-hydrogen) atoms. The maximum Gasteiger partial charge on any atom is 0.240 e. The quantitative estimate of drug-likeness (QED) is 0.737. The molecule has 102 valence electrons. The third-order valence-electron chi connectivity index (χ3n) is 2.70. The smallest absolute Gasteiger partial charge is 0.211 e. The third-order valence-corrected chi connectivity index (χ3v) is 4.70. The van der Waals surface area contributed by atoms with Crippen molar-refractivity contribution in [1.29, 1.82) is 0 Å². The molecule has 1 aromatic carbocycles. The number of unbranched alkanes of at least 4 members (excludes halogenated alkanes) is 4. The van der Waals surface area contributed by atoms with Crippen LogP contribution in [0.5, 0.6) is 0 Å². The SMILES string of the molecule is CCCCCCCNS(=O)(=O)c1ccc(Br)cc1. The summed E-state index contributed by atoms with van der Waals surface area (Å²) in [6.45, 7) is 2.68. The number of nitrogens with one attached hydrogen (secondary N) is 1. The van der Waals surface area contributed by atoms with Gasteiger partial charge < -0.3 is 0 Å². The van der Waals surface area contributed by atoms with Crippen LogP contribution >= 0.6 is 15.9 Å². The first-order chi connectivity index (χ1) is 8.56. The van der Waals surface area contributed by atoms with Crippen molar-refractivity contribution in [3.8, 4) is 0 Å². The molecule has 0 bridgehead atoms. The van der Waals surface area contributed by atoms with Crippen molar-refractivity contribution < 1.29 is 8.42 Å². The van der Waals surface area contributed by atoms with E-state index in [1.54, 1.807) is 24.3 Å². The minimum Gasteiger partial charge on any atom is -0.211 e. The Hall–Kier alpha value is -0.390. The number of hydrogen-bond acceptors (Lipinski definition) is 2. The van der Waals surface area contributed by atoms with Crippen LogP contribution in [0.2, 0.25) is 0 Å². The number of hydrogen-bond donors (Lipinski definition) is 1. The Balaban J connectivity index is 2.38.